The van der Waals surface area contributed by atoms with Gasteiger partial charge in [0.15, 0.2) is 0 Å². The first kappa shape index (κ1) is 9.37. The van der Waals surface area contributed by atoms with E-state index < -0.39 is 10.8 Å². The molecule has 2 nitrogen and oxygen atoms in total. The van der Waals surface area contributed by atoms with E-state index in [1.165, 1.54) is 12.8 Å². The summed E-state index contributed by atoms with van der Waals surface area (Å²) in [6.45, 7) is 0.884. The lowest BCUT2D eigenvalue weighted by atomic mass is 10.6. The maximum atomic E-state index is 11.6. The number of rotatable bonds is 5. The Morgan fingerprint density at radius 3 is 3.08 bits per heavy atom. The van der Waals surface area contributed by atoms with Crippen LogP contribution in [0.15, 0.2) is 21.7 Å². The topological polar surface area (TPSA) is 29.1 Å². The maximum Gasteiger partial charge on any atom is 0.0911 e. The minimum absolute atomic E-state index is 0.723. The van der Waals surface area contributed by atoms with Crippen molar-refractivity contribution in [2.24, 2.45) is 0 Å². The quantitative estimate of drug-likeness (QED) is 0.808. The van der Waals surface area contributed by atoms with E-state index in [4.69, 9.17) is 0 Å². The van der Waals surface area contributed by atoms with Crippen LogP contribution in [0, 0.1) is 0 Å². The van der Waals surface area contributed by atoms with Crippen LogP contribution in [0.5, 0.6) is 0 Å². The van der Waals surface area contributed by atoms with E-state index in [0.717, 1.165) is 22.5 Å². The molecule has 0 radical (unpaired) electrons. The SMILES string of the molecule is O=S(CCNC1CC1)c1cccs1. The number of thiophene rings is 1. The first-order valence-electron chi connectivity index (χ1n) is 4.51. The molecule has 1 aliphatic rings. The van der Waals surface area contributed by atoms with Crippen molar-refractivity contribution in [1.82, 2.24) is 5.32 Å². The smallest absolute Gasteiger partial charge is 0.0911 e. The summed E-state index contributed by atoms with van der Waals surface area (Å²) in [4.78, 5) is 0. The average Bonchev–Trinajstić information content (AvgIpc) is 2.80. The summed E-state index contributed by atoms with van der Waals surface area (Å²) in [5.74, 6) is 0.747. The average molecular weight is 215 g/mol. The van der Waals surface area contributed by atoms with E-state index in [1.807, 2.05) is 17.5 Å². The molecule has 4 heteroatoms. The van der Waals surface area contributed by atoms with Crippen LogP contribution in [-0.4, -0.2) is 22.5 Å². The van der Waals surface area contributed by atoms with Crippen molar-refractivity contribution in [3.63, 3.8) is 0 Å². The highest BCUT2D eigenvalue weighted by molar-refractivity contribution is 7.87. The lowest BCUT2D eigenvalue weighted by molar-refractivity contribution is 0.673. The Hall–Kier alpha value is -0.190. The molecule has 1 aromatic rings. The van der Waals surface area contributed by atoms with E-state index in [1.54, 1.807) is 11.3 Å². The van der Waals surface area contributed by atoms with Gasteiger partial charge in [-0.25, -0.2) is 0 Å². The van der Waals surface area contributed by atoms with Gasteiger partial charge in [0.1, 0.15) is 0 Å². The number of hydrogen-bond donors (Lipinski definition) is 1. The third-order valence-corrected chi connectivity index (χ3v) is 4.69. The molecule has 1 aromatic heterocycles. The summed E-state index contributed by atoms with van der Waals surface area (Å²) in [5, 5.41) is 5.33. The van der Waals surface area contributed by atoms with Crippen LogP contribution in [0.4, 0.5) is 0 Å². The van der Waals surface area contributed by atoms with E-state index >= 15 is 0 Å². The van der Waals surface area contributed by atoms with Crippen molar-refractivity contribution in [3.8, 4) is 0 Å². The molecule has 1 saturated carbocycles. The molecule has 0 saturated heterocycles. The summed E-state index contributed by atoms with van der Waals surface area (Å²) in [7, 11) is -0.785. The van der Waals surface area contributed by atoms with Gasteiger partial charge in [-0.2, -0.15) is 0 Å². The first-order valence-corrected chi connectivity index (χ1v) is 6.71. The highest BCUT2D eigenvalue weighted by Gasteiger charge is 2.20. The fourth-order valence-electron chi connectivity index (χ4n) is 1.14. The maximum absolute atomic E-state index is 11.6. The first-order chi connectivity index (χ1) is 6.36. The van der Waals surface area contributed by atoms with Gasteiger partial charge < -0.3 is 5.32 Å². The summed E-state index contributed by atoms with van der Waals surface area (Å²) in [6.07, 6.45) is 2.59. The van der Waals surface area contributed by atoms with Gasteiger partial charge in [-0.15, -0.1) is 11.3 Å². The van der Waals surface area contributed by atoms with Crippen molar-refractivity contribution < 1.29 is 4.21 Å². The second-order valence-electron chi connectivity index (χ2n) is 3.21. The lowest BCUT2D eigenvalue weighted by Crippen LogP contribution is -2.22. The lowest BCUT2D eigenvalue weighted by Gasteiger charge is -2.00. The molecule has 1 unspecified atom stereocenters. The molecule has 1 fully saturated rings. The highest BCUT2D eigenvalue weighted by Crippen LogP contribution is 2.18. The van der Waals surface area contributed by atoms with Crippen molar-refractivity contribution in [3.05, 3.63) is 17.5 Å². The van der Waals surface area contributed by atoms with Gasteiger partial charge in [0.2, 0.25) is 0 Å². The van der Waals surface area contributed by atoms with Crippen LogP contribution in [0.25, 0.3) is 0 Å². The van der Waals surface area contributed by atoms with Gasteiger partial charge in [0, 0.05) is 18.3 Å². The fourth-order valence-corrected chi connectivity index (χ4v) is 3.17. The minimum atomic E-state index is -0.785. The van der Waals surface area contributed by atoms with Crippen LogP contribution >= 0.6 is 11.3 Å². The van der Waals surface area contributed by atoms with Crippen molar-refractivity contribution in [2.75, 3.05) is 12.3 Å². The Morgan fingerprint density at radius 1 is 1.62 bits per heavy atom. The summed E-state index contributed by atoms with van der Waals surface area (Å²) in [6, 6.07) is 4.62. The standard InChI is InChI=1S/C9H13NOS2/c11-13(9-2-1-6-12-9)7-5-10-8-3-4-8/h1-2,6,8,10H,3-5,7H2. The molecule has 2 rings (SSSR count). The van der Waals surface area contributed by atoms with Crippen molar-refractivity contribution in [2.45, 2.75) is 23.1 Å². The van der Waals surface area contributed by atoms with Gasteiger partial charge in [-0.3, -0.25) is 4.21 Å². The molecule has 0 amide bonds. The zero-order chi connectivity index (χ0) is 9.10. The normalized spacial score (nSPS) is 18.8. The Bertz CT molecular complexity index is 280. The second-order valence-corrected chi connectivity index (χ2v) is 5.96. The molecule has 0 aromatic carbocycles. The van der Waals surface area contributed by atoms with Crippen LogP contribution in [0.2, 0.25) is 0 Å². The molecule has 72 valence electrons. The largest absolute Gasteiger partial charge is 0.313 e. The van der Waals surface area contributed by atoms with Crippen molar-refractivity contribution >= 4 is 22.1 Å². The van der Waals surface area contributed by atoms with Gasteiger partial charge >= 0.3 is 0 Å². The molecule has 1 aliphatic carbocycles. The van der Waals surface area contributed by atoms with Crippen LogP contribution in [0.3, 0.4) is 0 Å². The Balaban J connectivity index is 1.71. The van der Waals surface area contributed by atoms with Crippen molar-refractivity contribution in [1.29, 1.82) is 0 Å². The van der Waals surface area contributed by atoms with Gasteiger partial charge in [-0.05, 0) is 24.3 Å². The summed E-state index contributed by atoms with van der Waals surface area (Å²) in [5.41, 5.74) is 0. The minimum Gasteiger partial charge on any atom is -0.313 e. The predicted molar refractivity (Wildman–Crippen MR) is 56.6 cm³/mol. The molecule has 0 aliphatic heterocycles. The second kappa shape index (κ2) is 4.35. The Kier molecular flexibility index (Phi) is 3.14. The van der Waals surface area contributed by atoms with Crippen LogP contribution in [-0.2, 0) is 10.8 Å². The summed E-state index contributed by atoms with van der Waals surface area (Å²) >= 11 is 1.58. The third-order valence-electron chi connectivity index (χ3n) is 2.02. The number of nitrogens with one attached hydrogen (secondary N) is 1. The summed E-state index contributed by atoms with van der Waals surface area (Å²) < 4.78 is 12.6. The number of hydrogen-bond acceptors (Lipinski definition) is 3. The molecule has 1 atom stereocenters. The van der Waals surface area contributed by atoms with E-state index in [9.17, 15) is 4.21 Å². The predicted octanol–water partition coefficient (Wildman–Crippen LogP) is 1.61. The van der Waals surface area contributed by atoms with E-state index in [2.05, 4.69) is 5.32 Å². The molecular formula is C9H13NOS2. The van der Waals surface area contributed by atoms with Gasteiger partial charge in [-0.1, -0.05) is 6.07 Å². The van der Waals surface area contributed by atoms with Gasteiger partial charge in [0.05, 0.1) is 15.0 Å². The molecule has 0 spiro atoms. The molecule has 0 bridgehead atoms. The van der Waals surface area contributed by atoms with Gasteiger partial charge in [0.25, 0.3) is 0 Å². The van der Waals surface area contributed by atoms with E-state index in [0.29, 0.717) is 0 Å². The molecule has 1 N–H and O–H groups in total. The van der Waals surface area contributed by atoms with E-state index in [-0.39, 0.29) is 0 Å². The monoisotopic (exact) mass is 215 g/mol. The Morgan fingerprint density at radius 2 is 2.46 bits per heavy atom. The van der Waals surface area contributed by atoms with Crippen LogP contribution in [0.1, 0.15) is 12.8 Å². The molecule has 1 heterocycles. The Labute approximate surface area is 84.8 Å². The van der Waals surface area contributed by atoms with Crippen LogP contribution < -0.4 is 5.32 Å². The molecule has 13 heavy (non-hydrogen) atoms. The zero-order valence-electron chi connectivity index (χ0n) is 7.36. The fraction of sp³-hybridized carbons (Fsp3) is 0.556. The highest BCUT2D eigenvalue weighted by atomic mass is 32.2. The third kappa shape index (κ3) is 2.90. The molecular weight excluding hydrogens is 202 g/mol. The zero-order valence-corrected chi connectivity index (χ0v) is 9.00.